The van der Waals surface area contributed by atoms with E-state index < -0.39 is 18.0 Å². The molecule has 6 nitrogen and oxygen atoms in total. The fraction of sp³-hybridized carbons (Fsp3) is 0.429. The average Bonchev–Trinajstić information content (AvgIpc) is 2.88. The van der Waals surface area contributed by atoms with E-state index in [1.807, 2.05) is 42.5 Å². The van der Waals surface area contributed by atoms with E-state index in [0.717, 1.165) is 54.4 Å². The fourth-order valence-corrected chi connectivity index (χ4v) is 5.83. The number of methoxy groups -OCH3 is 1. The zero-order valence-corrected chi connectivity index (χ0v) is 21.9. The number of rotatable bonds is 10. The number of aliphatic hydroxyl groups is 1. The third-order valence-corrected chi connectivity index (χ3v) is 7.98. The summed E-state index contributed by atoms with van der Waals surface area (Å²) in [5, 5.41) is 23.1. The van der Waals surface area contributed by atoms with E-state index in [9.17, 15) is 15.0 Å². The molecule has 1 unspecified atom stereocenters. The van der Waals surface area contributed by atoms with Crippen LogP contribution in [0.15, 0.2) is 48.7 Å². The van der Waals surface area contributed by atoms with Gasteiger partial charge >= 0.3 is 5.97 Å². The third-order valence-electron chi connectivity index (χ3n) is 7.27. The summed E-state index contributed by atoms with van der Waals surface area (Å²) in [4.78, 5) is 18.7. The zero-order chi connectivity index (χ0) is 25.7. The molecule has 0 aliphatic carbocycles. The summed E-state index contributed by atoms with van der Waals surface area (Å²) >= 11 is 12.6. The van der Waals surface area contributed by atoms with Crippen molar-refractivity contribution in [1.82, 2.24) is 9.88 Å². The summed E-state index contributed by atoms with van der Waals surface area (Å²) in [5.74, 6) is -0.496. The summed E-state index contributed by atoms with van der Waals surface area (Å²) in [6.07, 6.45) is 4.55. The molecule has 1 aliphatic rings. The number of likely N-dealkylation sites (tertiary alicyclic amines) is 1. The van der Waals surface area contributed by atoms with E-state index in [2.05, 4.69) is 9.88 Å². The molecular weight excluding hydrogens is 499 g/mol. The minimum atomic E-state index is -0.771. The molecule has 0 radical (unpaired) electrons. The first-order chi connectivity index (χ1) is 17.4. The number of fused-ring (bicyclic) bond motifs is 1. The van der Waals surface area contributed by atoms with Crippen LogP contribution in [0.25, 0.3) is 10.9 Å². The third kappa shape index (κ3) is 6.30. The van der Waals surface area contributed by atoms with Gasteiger partial charge in [0.2, 0.25) is 0 Å². The Bertz CT molecular complexity index is 1190. The van der Waals surface area contributed by atoms with Crippen molar-refractivity contribution in [2.75, 3.05) is 26.7 Å². The van der Waals surface area contributed by atoms with Crippen LogP contribution in [0.4, 0.5) is 0 Å². The summed E-state index contributed by atoms with van der Waals surface area (Å²) in [7, 11) is 1.61. The highest BCUT2D eigenvalue weighted by atomic mass is 35.5. The average molecular weight is 531 g/mol. The van der Waals surface area contributed by atoms with Crippen LogP contribution < -0.4 is 4.74 Å². The standard InChI is InChI=1S/C28H32Cl2N2O4/c1-36-19-8-9-26-22(16-19)20(11-13-31-26)27(33)10-7-18-12-15-32(17-23(18)28(34)35)14-3-4-21-24(29)5-2-6-25(21)30/h2,5-6,8-9,11,13,16,18,23,27,33H,3-4,7,10,12,14-15,17H2,1H3,(H,34,35)/t18-,23+,27?/m1/s1. The minimum absolute atomic E-state index is 0.0223. The largest absolute Gasteiger partial charge is 0.497 e. The van der Waals surface area contributed by atoms with Gasteiger partial charge in [-0.05, 0) is 98.6 Å². The molecule has 1 aliphatic heterocycles. The van der Waals surface area contributed by atoms with E-state index in [4.69, 9.17) is 27.9 Å². The van der Waals surface area contributed by atoms with Gasteiger partial charge in [-0.3, -0.25) is 9.78 Å². The number of halogens is 2. The van der Waals surface area contributed by atoms with Crippen LogP contribution in [0.1, 0.15) is 42.9 Å². The van der Waals surface area contributed by atoms with Crippen LogP contribution in [0.3, 0.4) is 0 Å². The molecule has 0 bridgehead atoms. The van der Waals surface area contributed by atoms with Gasteiger partial charge in [0, 0.05) is 28.2 Å². The van der Waals surface area contributed by atoms with Crippen molar-refractivity contribution in [3.8, 4) is 5.75 Å². The van der Waals surface area contributed by atoms with Gasteiger partial charge in [-0.1, -0.05) is 29.3 Å². The van der Waals surface area contributed by atoms with Gasteiger partial charge in [-0.15, -0.1) is 0 Å². The minimum Gasteiger partial charge on any atom is -0.497 e. The molecule has 4 rings (SSSR count). The summed E-state index contributed by atoms with van der Waals surface area (Å²) in [6.45, 7) is 2.16. The number of hydrogen-bond acceptors (Lipinski definition) is 5. The molecule has 2 N–H and O–H groups in total. The van der Waals surface area contributed by atoms with Crippen LogP contribution in [0.5, 0.6) is 5.75 Å². The number of aromatic nitrogens is 1. The van der Waals surface area contributed by atoms with Gasteiger partial charge in [-0.25, -0.2) is 0 Å². The Kier molecular flexibility index (Phi) is 9.07. The maximum absolute atomic E-state index is 12.1. The lowest BCUT2D eigenvalue weighted by Gasteiger charge is -2.37. The molecule has 2 heterocycles. The van der Waals surface area contributed by atoms with Crippen LogP contribution in [0.2, 0.25) is 10.0 Å². The quantitative estimate of drug-likeness (QED) is 0.333. The second-order valence-corrected chi connectivity index (χ2v) is 10.3. The van der Waals surface area contributed by atoms with Gasteiger partial charge in [0.25, 0.3) is 0 Å². The molecule has 8 heteroatoms. The van der Waals surface area contributed by atoms with Crippen molar-refractivity contribution in [1.29, 1.82) is 0 Å². The smallest absolute Gasteiger partial charge is 0.308 e. The molecule has 36 heavy (non-hydrogen) atoms. The van der Waals surface area contributed by atoms with E-state index in [-0.39, 0.29) is 5.92 Å². The highest BCUT2D eigenvalue weighted by molar-refractivity contribution is 6.35. The molecule has 3 atom stereocenters. The molecule has 0 spiro atoms. The number of aliphatic hydroxyl groups excluding tert-OH is 1. The van der Waals surface area contributed by atoms with Crippen molar-refractivity contribution in [3.63, 3.8) is 0 Å². The van der Waals surface area contributed by atoms with E-state index in [1.165, 1.54) is 0 Å². The van der Waals surface area contributed by atoms with Crippen molar-refractivity contribution in [2.24, 2.45) is 11.8 Å². The molecule has 1 saturated heterocycles. The van der Waals surface area contributed by atoms with Crippen molar-refractivity contribution in [3.05, 3.63) is 69.8 Å². The lowest BCUT2D eigenvalue weighted by molar-refractivity contribution is -0.146. The molecule has 3 aromatic rings. The molecule has 1 fully saturated rings. The normalized spacial score (nSPS) is 19.3. The number of benzene rings is 2. The van der Waals surface area contributed by atoms with Crippen LogP contribution in [-0.2, 0) is 11.2 Å². The second-order valence-electron chi connectivity index (χ2n) is 9.47. The highest BCUT2D eigenvalue weighted by Crippen LogP contribution is 2.34. The van der Waals surface area contributed by atoms with E-state index in [0.29, 0.717) is 35.2 Å². The van der Waals surface area contributed by atoms with Crippen molar-refractivity contribution < 1.29 is 19.7 Å². The number of nitrogens with zero attached hydrogens (tertiary/aromatic N) is 2. The van der Waals surface area contributed by atoms with E-state index in [1.54, 1.807) is 13.3 Å². The SMILES string of the molecule is COc1ccc2nccc(C(O)CC[C@@H]3CCN(CCCc4c(Cl)cccc4Cl)C[C@@H]3C(=O)O)c2c1. The first-order valence-corrected chi connectivity index (χ1v) is 13.1. The topological polar surface area (TPSA) is 82.9 Å². The first kappa shape index (κ1) is 26.7. The zero-order valence-electron chi connectivity index (χ0n) is 20.4. The monoisotopic (exact) mass is 530 g/mol. The Morgan fingerprint density at radius 2 is 2.00 bits per heavy atom. The Balaban J connectivity index is 1.34. The fourth-order valence-electron chi connectivity index (χ4n) is 5.24. The molecule has 0 amide bonds. The number of carbonyl (C=O) groups is 1. The maximum Gasteiger partial charge on any atom is 0.308 e. The second kappa shape index (κ2) is 12.2. The maximum atomic E-state index is 12.1. The Morgan fingerprint density at radius 1 is 1.22 bits per heavy atom. The lowest BCUT2D eigenvalue weighted by Crippen LogP contribution is -2.44. The Morgan fingerprint density at radius 3 is 2.72 bits per heavy atom. The van der Waals surface area contributed by atoms with Crippen molar-refractivity contribution >= 4 is 40.1 Å². The number of hydrogen-bond donors (Lipinski definition) is 2. The van der Waals surface area contributed by atoms with Crippen molar-refractivity contribution in [2.45, 2.75) is 38.2 Å². The number of aliphatic carboxylic acids is 1. The van der Waals surface area contributed by atoms with Crippen LogP contribution >= 0.6 is 23.2 Å². The number of ether oxygens (including phenoxy) is 1. The summed E-state index contributed by atoms with van der Waals surface area (Å²) in [6, 6.07) is 13.0. The number of carboxylic acids is 1. The van der Waals surface area contributed by atoms with Gasteiger partial charge < -0.3 is 19.8 Å². The van der Waals surface area contributed by atoms with Gasteiger partial charge in [0.05, 0.1) is 24.6 Å². The lowest BCUT2D eigenvalue weighted by atomic mass is 9.81. The predicted octanol–water partition coefficient (Wildman–Crippen LogP) is 6.02. The number of pyridine rings is 1. The summed E-state index contributed by atoms with van der Waals surface area (Å²) < 4.78 is 5.33. The molecular formula is C28H32Cl2N2O4. The first-order valence-electron chi connectivity index (χ1n) is 12.4. The van der Waals surface area contributed by atoms with Crippen LogP contribution in [0, 0.1) is 11.8 Å². The molecule has 1 aromatic heterocycles. The Labute approximate surface area is 221 Å². The van der Waals surface area contributed by atoms with Gasteiger partial charge in [0.15, 0.2) is 0 Å². The van der Waals surface area contributed by atoms with E-state index >= 15 is 0 Å². The van der Waals surface area contributed by atoms with Crippen LogP contribution in [-0.4, -0.2) is 52.8 Å². The predicted molar refractivity (Wildman–Crippen MR) is 143 cm³/mol. The molecule has 192 valence electrons. The Hall–Kier alpha value is -2.38. The molecule has 0 saturated carbocycles. The van der Waals surface area contributed by atoms with Gasteiger partial charge in [0.1, 0.15) is 5.75 Å². The highest BCUT2D eigenvalue weighted by Gasteiger charge is 2.34. The molecule has 2 aromatic carbocycles. The number of piperidine rings is 1. The summed E-state index contributed by atoms with van der Waals surface area (Å²) in [5.41, 5.74) is 2.53. The van der Waals surface area contributed by atoms with Gasteiger partial charge in [-0.2, -0.15) is 0 Å². The number of carboxylic acid groups (broad SMARTS) is 1.